The first-order chi connectivity index (χ1) is 10.8. The monoisotopic (exact) mass is 345 g/mol. The molecular weight excluding hydrogens is 331 g/mol. The highest BCUT2D eigenvalue weighted by Crippen LogP contribution is 2.20. The molecule has 0 amide bonds. The number of methoxy groups -OCH3 is 1. The van der Waals surface area contributed by atoms with Crippen LogP contribution in [0.1, 0.15) is 11.7 Å². The maximum absolute atomic E-state index is 13.6. The van der Waals surface area contributed by atoms with Crippen molar-refractivity contribution in [2.24, 2.45) is 0 Å². The summed E-state index contributed by atoms with van der Waals surface area (Å²) >= 11 is 0. The summed E-state index contributed by atoms with van der Waals surface area (Å²) in [6, 6.07) is 8.17. The Kier molecular flexibility index (Phi) is 5.40. The third-order valence-corrected chi connectivity index (χ3v) is 4.63. The van der Waals surface area contributed by atoms with Crippen molar-refractivity contribution in [3.8, 4) is 0 Å². The van der Waals surface area contributed by atoms with E-state index in [2.05, 4.69) is 4.72 Å². The molecule has 0 radical (unpaired) electrons. The van der Waals surface area contributed by atoms with Gasteiger partial charge in [0.1, 0.15) is 17.5 Å². The number of halogens is 3. The Morgan fingerprint density at radius 3 is 2.26 bits per heavy atom. The zero-order valence-corrected chi connectivity index (χ0v) is 12.9. The Bertz CT molecular complexity index is 776. The second-order valence-corrected chi connectivity index (χ2v) is 6.39. The quantitative estimate of drug-likeness (QED) is 0.876. The van der Waals surface area contributed by atoms with Gasteiger partial charge in [-0.25, -0.2) is 26.3 Å². The van der Waals surface area contributed by atoms with Crippen molar-refractivity contribution >= 4 is 10.0 Å². The highest BCUT2D eigenvalue weighted by molar-refractivity contribution is 7.89. The number of hydrogen-bond acceptors (Lipinski definition) is 3. The molecule has 0 aliphatic carbocycles. The van der Waals surface area contributed by atoms with Gasteiger partial charge in [0, 0.05) is 13.7 Å². The highest BCUT2D eigenvalue weighted by atomic mass is 32.2. The molecule has 0 heterocycles. The summed E-state index contributed by atoms with van der Waals surface area (Å²) in [5.41, 5.74) is 0.393. The van der Waals surface area contributed by atoms with Gasteiger partial charge < -0.3 is 4.74 Å². The van der Waals surface area contributed by atoms with Crippen molar-refractivity contribution in [3.63, 3.8) is 0 Å². The van der Waals surface area contributed by atoms with Crippen LogP contribution in [-0.2, 0) is 14.8 Å². The molecule has 2 aromatic rings. The van der Waals surface area contributed by atoms with Gasteiger partial charge in [-0.3, -0.25) is 0 Å². The van der Waals surface area contributed by atoms with Crippen molar-refractivity contribution < 1.29 is 26.3 Å². The van der Waals surface area contributed by atoms with E-state index in [1.54, 1.807) is 6.07 Å². The molecule has 1 atom stereocenters. The molecule has 0 bridgehead atoms. The SMILES string of the molecule is COC(CNS(=O)(=O)c1c(F)cccc1F)c1cccc(F)c1. The fourth-order valence-corrected chi connectivity index (χ4v) is 3.21. The molecule has 23 heavy (non-hydrogen) atoms. The third-order valence-electron chi connectivity index (χ3n) is 3.15. The molecule has 0 fully saturated rings. The summed E-state index contributed by atoms with van der Waals surface area (Å²) < 4.78 is 71.7. The van der Waals surface area contributed by atoms with Crippen molar-refractivity contribution in [1.29, 1.82) is 0 Å². The molecule has 0 saturated heterocycles. The Morgan fingerprint density at radius 1 is 1.09 bits per heavy atom. The molecule has 1 unspecified atom stereocenters. The maximum Gasteiger partial charge on any atom is 0.246 e. The van der Waals surface area contributed by atoms with E-state index in [4.69, 9.17) is 4.74 Å². The highest BCUT2D eigenvalue weighted by Gasteiger charge is 2.25. The minimum absolute atomic E-state index is 0.309. The predicted molar refractivity (Wildman–Crippen MR) is 77.7 cm³/mol. The minimum atomic E-state index is -4.42. The normalized spacial score (nSPS) is 13.0. The van der Waals surface area contributed by atoms with Gasteiger partial charge in [-0.1, -0.05) is 18.2 Å². The van der Waals surface area contributed by atoms with E-state index < -0.39 is 38.5 Å². The summed E-state index contributed by atoms with van der Waals surface area (Å²) in [5.74, 6) is -2.90. The van der Waals surface area contributed by atoms with Crippen LogP contribution in [0.2, 0.25) is 0 Å². The Labute approximate surface area is 132 Å². The van der Waals surface area contributed by atoms with E-state index in [0.29, 0.717) is 5.56 Å². The van der Waals surface area contributed by atoms with Crippen LogP contribution in [0.25, 0.3) is 0 Å². The Hall–Kier alpha value is -1.90. The van der Waals surface area contributed by atoms with Gasteiger partial charge in [-0.05, 0) is 29.8 Å². The van der Waals surface area contributed by atoms with Crippen molar-refractivity contribution in [3.05, 3.63) is 65.5 Å². The first kappa shape index (κ1) is 17.5. The average Bonchev–Trinajstić information content (AvgIpc) is 2.47. The molecule has 2 rings (SSSR count). The molecule has 0 aliphatic heterocycles. The molecule has 0 saturated carbocycles. The topological polar surface area (TPSA) is 55.4 Å². The van der Waals surface area contributed by atoms with Crippen LogP contribution in [0.4, 0.5) is 13.2 Å². The smallest absolute Gasteiger partial charge is 0.246 e. The number of hydrogen-bond donors (Lipinski definition) is 1. The summed E-state index contributed by atoms with van der Waals surface area (Å²) in [7, 11) is -3.11. The number of rotatable bonds is 6. The lowest BCUT2D eigenvalue weighted by atomic mass is 10.1. The van der Waals surface area contributed by atoms with E-state index in [-0.39, 0.29) is 6.54 Å². The van der Waals surface area contributed by atoms with Gasteiger partial charge in [0.15, 0.2) is 4.90 Å². The molecule has 0 aliphatic rings. The molecular formula is C15H14F3NO3S. The van der Waals surface area contributed by atoms with Gasteiger partial charge >= 0.3 is 0 Å². The minimum Gasteiger partial charge on any atom is -0.375 e. The summed E-state index contributed by atoms with van der Waals surface area (Å²) in [6.07, 6.45) is -0.810. The van der Waals surface area contributed by atoms with Crippen LogP contribution in [-0.4, -0.2) is 22.1 Å². The van der Waals surface area contributed by atoms with Gasteiger partial charge in [0.25, 0.3) is 0 Å². The molecule has 8 heteroatoms. The van der Waals surface area contributed by atoms with Crippen LogP contribution < -0.4 is 4.72 Å². The number of nitrogens with one attached hydrogen (secondary N) is 1. The van der Waals surface area contributed by atoms with E-state index in [1.165, 1.54) is 25.3 Å². The second kappa shape index (κ2) is 7.12. The number of sulfonamides is 1. The molecule has 0 spiro atoms. The third kappa shape index (κ3) is 4.10. The first-order valence-electron chi connectivity index (χ1n) is 6.57. The lowest BCUT2D eigenvalue weighted by Crippen LogP contribution is -2.30. The fraction of sp³-hybridized carbons (Fsp3) is 0.200. The van der Waals surface area contributed by atoms with E-state index in [0.717, 1.165) is 18.2 Å². The maximum atomic E-state index is 13.6. The second-order valence-electron chi connectivity index (χ2n) is 4.68. The van der Waals surface area contributed by atoms with Crippen LogP contribution in [0.15, 0.2) is 47.4 Å². The van der Waals surface area contributed by atoms with Crippen LogP contribution in [0.5, 0.6) is 0 Å². The van der Waals surface area contributed by atoms with Crippen molar-refractivity contribution in [2.75, 3.05) is 13.7 Å². The Balaban J connectivity index is 2.21. The zero-order chi connectivity index (χ0) is 17.0. The summed E-state index contributed by atoms with van der Waals surface area (Å²) in [4.78, 5) is -1.06. The summed E-state index contributed by atoms with van der Waals surface area (Å²) in [5, 5.41) is 0. The lowest BCUT2D eigenvalue weighted by Gasteiger charge is -2.17. The van der Waals surface area contributed by atoms with Crippen molar-refractivity contribution in [2.45, 2.75) is 11.0 Å². The Morgan fingerprint density at radius 2 is 1.70 bits per heavy atom. The number of benzene rings is 2. The van der Waals surface area contributed by atoms with Crippen LogP contribution in [0.3, 0.4) is 0 Å². The molecule has 2 aromatic carbocycles. The lowest BCUT2D eigenvalue weighted by molar-refractivity contribution is 0.107. The van der Waals surface area contributed by atoms with Gasteiger partial charge in [0.05, 0.1) is 6.10 Å². The molecule has 0 aromatic heterocycles. The zero-order valence-electron chi connectivity index (χ0n) is 12.1. The van der Waals surface area contributed by atoms with Crippen LogP contribution in [0, 0.1) is 17.5 Å². The largest absolute Gasteiger partial charge is 0.375 e. The first-order valence-corrected chi connectivity index (χ1v) is 8.05. The van der Waals surface area contributed by atoms with Crippen LogP contribution >= 0.6 is 0 Å². The van der Waals surface area contributed by atoms with Gasteiger partial charge in [-0.15, -0.1) is 0 Å². The van der Waals surface area contributed by atoms with Gasteiger partial charge in [0.2, 0.25) is 10.0 Å². The predicted octanol–water partition coefficient (Wildman–Crippen LogP) is 2.77. The standard InChI is InChI=1S/C15H14F3NO3S/c1-22-14(10-4-2-5-11(16)8-10)9-19-23(20,21)15-12(17)6-3-7-13(15)18/h2-8,14,19H,9H2,1H3. The summed E-state index contributed by atoms with van der Waals surface area (Å²) in [6.45, 7) is -0.309. The van der Waals surface area contributed by atoms with E-state index >= 15 is 0 Å². The number of ether oxygens (including phenoxy) is 1. The molecule has 124 valence electrons. The van der Waals surface area contributed by atoms with E-state index in [9.17, 15) is 21.6 Å². The average molecular weight is 345 g/mol. The molecule has 1 N–H and O–H groups in total. The fourth-order valence-electron chi connectivity index (χ4n) is 2.04. The van der Waals surface area contributed by atoms with Gasteiger partial charge in [-0.2, -0.15) is 0 Å². The van der Waals surface area contributed by atoms with E-state index in [1.807, 2.05) is 0 Å². The van der Waals surface area contributed by atoms with Crippen molar-refractivity contribution in [1.82, 2.24) is 4.72 Å². The molecule has 4 nitrogen and oxygen atoms in total.